The average molecular weight is 319 g/mol. The van der Waals surface area contributed by atoms with Gasteiger partial charge in [-0.25, -0.2) is 14.2 Å². The molecule has 1 saturated heterocycles. The maximum Gasteiger partial charge on any atom is 0.322 e. The second-order valence-electron chi connectivity index (χ2n) is 5.18. The lowest BCUT2D eigenvalue weighted by Gasteiger charge is -2.14. The highest BCUT2D eigenvalue weighted by atomic mass is 19.1. The number of H-pyrrole nitrogens is 1. The van der Waals surface area contributed by atoms with Gasteiger partial charge in [-0.05, 0) is 24.6 Å². The number of fused-ring (bicyclic) bond motifs is 1. The Kier molecular flexibility index (Phi) is 3.92. The summed E-state index contributed by atoms with van der Waals surface area (Å²) in [5.41, 5.74) is 1.13. The van der Waals surface area contributed by atoms with Crippen LogP contribution in [-0.4, -0.2) is 33.9 Å². The Morgan fingerprint density at radius 3 is 3.04 bits per heavy atom. The molecule has 0 radical (unpaired) electrons. The van der Waals surface area contributed by atoms with Crippen LogP contribution < -0.4 is 16.0 Å². The molecule has 120 valence electrons. The Morgan fingerprint density at radius 2 is 2.22 bits per heavy atom. The second-order valence-corrected chi connectivity index (χ2v) is 5.18. The number of hydrogen-bond donors (Lipinski definition) is 4. The van der Waals surface area contributed by atoms with Crippen molar-refractivity contribution in [3.05, 3.63) is 29.8 Å². The third-order valence-electron chi connectivity index (χ3n) is 3.46. The normalized spacial score (nSPS) is 18.2. The van der Waals surface area contributed by atoms with Crippen LogP contribution >= 0.6 is 0 Å². The fraction of sp³-hybridized carbons (Fsp3) is 0.286. The number of nitrogens with zero attached hydrogens (tertiary/aromatic N) is 1. The number of benzene rings is 1. The van der Waals surface area contributed by atoms with Crippen LogP contribution in [0.3, 0.4) is 0 Å². The Hall–Kier alpha value is -2.97. The molecule has 0 bridgehead atoms. The molecule has 23 heavy (non-hydrogen) atoms. The van der Waals surface area contributed by atoms with E-state index >= 15 is 0 Å². The molecule has 8 nitrogen and oxygen atoms in total. The van der Waals surface area contributed by atoms with Crippen molar-refractivity contribution in [1.82, 2.24) is 25.9 Å². The minimum Gasteiger partial charge on any atom is -0.347 e. The van der Waals surface area contributed by atoms with Crippen molar-refractivity contribution >= 4 is 28.9 Å². The van der Waals surface area contributed by atoms with Crippen LogP contribution in [0.1, 0.15) is 18.7 Å². The van der Waals surface area contributed by atoms with Gasteiger partial charge in [-0.15, -0.1) is 0 Å². The van der Waals surface area contributed by atoms with E-state index in [1.54, 1.807) is 0 Å². The topological polar surface area (TPSA) is 116 Å². The number of urea groups is 1. The molecule has 2 heterocycles. The van der Waals surface area contributed by atoms with Crippen LogP contribution in [0.5, 0.6) is 0 Å². The van der Waals surface area contributed by atoms with Crippen molar-refractivity contribution in [2.45, 2.75) is 25.4 Å². The van der Waals surface area contributed by atoms with E-state index in [4.69, 9.17) is 0 Å². The number of nitrogens with one attached hydrogen (secondary N) is 4. The van der Waals surface area contributed by atoms with Gasteiger partial charge in [0.15, 0.2) is 0 Å². The smallest absolute Gasteiger partial charge is 0.322 e. The van der Waals surface area contributed by atoms with Crippen molar-refractivity contribution in [3.63, 3.8) is 0 Å². The fourth-order valence-corrected chi connectivity index (χ4v) is 2.34. The number of aromatic amines is 1. The van der Waals surface area contributed by atoms with Gasteiger partial charge in [-0.3, -0.25) is 14.9 Å². The highest BCUT2D eigenvalue weighted by Gasteiger charge is 2.25. The van der Waals surface area contributed by atoms with Gasteiger partial charge in [0.05, 0.1) is 17.6 Å². The molecule has 0 saturated carbocycles. The first-order valence-electron chi connectivity index (χ1n) is 7.03. The fourth-order valence-electron chi connectivity index (χ4n) is 2.34. The zero-order chi connectivity index (χ0) is 16.4. The Bertz CT molecular complexity index is 788. The first kappa shape index (κ1) is 14.9. The minimum atomic E-state index is -0.789. The van der Waals surface area contributed by atoms with Crippen molar-refractivity contribution < 1.29 is 18.8 Å². The van der Waals surface area contributed by atoms with Crippen LogP contribution in [0.4, 0.5) is 9.18 Å². The molecule has 4 amide bonds. The van der Waals surface area contributed by atoms with Gasteiger partial charge in [0.1, 0.15) is 17.7 Å². The summed E-state index contributed by atoms with van der Waals surface area (Å²) in [5, 5.41) is 7.14. The van der Waals surface area contributed by atoms with Crippen LogP contribution in [-0.2, 0) is 16.1 Å². The van der Waals surface area contributed by atoms with Gasteiger partial charge in [0.25, 0.3) is 0 Å². The van der Waals surface area contributed by atoms with Gasteiger partial charge in [0.2, 0.25) is 11.8 Å². The number of imidazole rings is 1. The zero-order valence-electron chi connectivity index (χ0n) is 12.0. The zero-order valence-corrected chi connectivity index (χ0v) is 12.0. The van der Waals surface area contributed by atoms with Gasteiger partial charge < -0.3 is 15.6 Å². The van der Waals surface area contributed by atoms with Gasteiger partial charge in [0, 0.05) is 6.42 Å². The summed E-state index contributed by atoms with van der Waals surface area (Å²) < 4.78 is 13.1. The van der Waals surface area contributed by atoms with Gasteiger partial charge >= 0.3 is 6.03 Å². The number of aromatic nitrogens is 2. The number of carbonyl (C=O) groups is 3. The summed E-state index contributed by atoms with van der Waals surface area (Å²) in [7, 11) is 0. The lowest BCUT2D eigenvalue weighted by atomic mass is 10.1. The third kappa shape index (κ3) is 3.44. The van der Waals surface area contributed by atoms with E-state index in [2.05, 4.69) is 25.9 Å². The summed E-state index contributed by atoms with van der Waals surface area (Å²) in [6.07, 6.45) is 0.301. The summed E-state index contributed by atoms with van der Waals surface area (Å²) in [6, 6.07) is 2.68. The molecular weight excluding hydrogens is 305 g/mol. The number of halogens is 1. The van der Waals surface area contributed by atoms with E-state index in [1.807, 2.05) is 0 Å². The number of hydrogen-bond acceptors (Lipinski definition) is 4. The second kappa shape index (κ2) is 6.03. The van der Waals surface area contributed by atoms with E-state index in [-0.39, 0.29) is 25.2 Å². The lowest BCUT2D eigenvalue weighted by Crippen LogP contribution is -2.48. The maximum absolute atomic E-state index is 13.1. The predicted octanol–water partition coefficient (Wildman–Crippen LogP) is 0.306. The third-order valence-corrected chi connectivity index (χ3v) is 3.46. The van der Waals surface area contributed by atoms with E-state index < -0.39 is 23.9 Å². The molecule has 0 aliphatic carbocycles. The Balaban J connectivity index is 1.63. The van der Waals surface area contributed by atoms with Gasteiger partial charge in [-0.1, -0.05) is 0 Å². The molecule has 1 aliphatic rings. The molecule has 2 aromatic rings. The first-order chi connectivity index (χ1) is 11.0. The predicted molar refractivity (Wildman–Crippen MR) is 77.6 cm³/mol. The molecule has 0 spiro atoms. The minimum absolute atomic E-state index is 0.0841. The molecule has 1 aliphatic heterocycles. The van der Waals surface area contributed by atoms with Gasteiger partial charge in [-0.2, -0.15) is 0 Å². The van der Waals surface area contributed by atoms with Crippen molar-refractivity contribution in [2.75, 3.05) is 0 Å². The SMILES string of the molecule is O=C1CC[C@@H](C(=O)NCc2nc3ccc(F)cc3[nH]2)NC(=O)N1. The lowest BCUT2D eigenvalue weighted by molar-refractivity contribution is -0.123. The molecule has 4 N–H and O–H groups in total. The molecule has 1 fully saturated rings. The summed E-state index contributed by atoms with van der Waals surface area (Å²) in [6.45, 7) is 0.100. The standard InChI is InChI=1S/C14H14FN5O3/c15-7-1-2-8-10(5-7)18-11(17-8)6-16-13(22)9-3-4-12(21)20-14(23)19-9/h1-2,5,9H,3-4,6H2,(H,16,22)(H,17,18)(H2,19,20,21,23)/t9-/m0/s1. The largest absolute Gasteiger partial charge is 0.347 e. The highest BCUT2D eigenvalue weighted by Crippen LogP contribution is 2.12. The molecule has 1 atom stereocenters. The van der Waals surface area contributed by atoms with Crippen molar-refractivity contribution in [3.8, 4) is 0 Å². The van der Waals surface area contributed by atoms with E-state index in [9.17, 15) is 18.8 Å². The van der Waals surface area contributed by atoms with Crippen LogP contribution in [0, 0.1) is 5.82 Å². The summed E-state index contributed by atoms with van der Waals surface area (Å²) in [4.78, 5) is 41.8. The number of imide groups is 1. The van der Waals surface area contributed by atoms with Crippen LogP contribution in [0.2, 0.25) is 0 Å². The molecular formula is C14H14FN5O3. The Morgan fingerprint density at radius 1 is 1.39 bits per heavy atom. The quantitative estimate of drug-likeness (QED) is 0.651. The highest BCUT2D eigenvalue weighted by molar-refractivity contribution is 5.98. The molecule has 1 aromatic carbocycles. The number of amides is 4. The van der Waals surface area contributed by atoms with Crippen LogP contribution in [0.15, 0.2) is 18.2 Å². The first-order valence-corrected chi connectivity index (χ1v) is 7.03. The average Bonchev–Trinajstić information content (AvgIpc) is 2.82. The molecule has 9 heteroatoms. The number of rotatable bonds is 3. The van der Waals surface area contributed by atoms with E-state index in [1.165, 1.54) is 18.2 Å². The molecule has 3 rings (SSSR count). The Labute approximate surface area is 129 Å². The summed E-state index contributed by atoms with van der Waals surface area (Å²) in [5.74, 6) is -0.748. The maximum atomic E-state index is 13.1. The summed E-state index contributed by atoms with van der Waals surface area (Å²) >= 11 is 0. The van der Waals surface area contributed by atoms with Crippen molar-refractivity contribution in [2.24, 2.45) is 0 Å². The monoisotopic (exact) mass is 319 g/mol. The number of carbonyl (C=O) groups excluding carboxylic acids is 3. The van der Waals surface area contributed by atoms with Crippen molar-refractivity contribution in [1.29, 1.82) is 0 Å². The van der Waals surface area contributed by atoms with Crippen LogP contribution in [0.25, 0.3) is 11.0 Å². The van der Waals surface area contributed by atoms with E-state index in [0.717, 1.165) is 0 Å². The van der Waals surface area contributed by atoms with E-state index in [0.29, 0.717) is 16.9 Å². The molecule has 0 unspecified atom stereocenters. The molecule has 1 aromatic heterocycles.